The van der Waals surface area contributed by atoms with E-state index in [-0.39, 0.29) is 11.7 Å². The van der Waals surface area contributed by atoms with Crippen LogP contribution in [0.4, 0.5) is 5.69 Å². The molecule has 1 aromatic carbocycles. The Morgan fingerprint density at radius 2 is 1.83 bits per heavy atom. The van der Waals surface area contributed by atoms with Crippen LogP contribution in [0.15, 0.2) is 18.2 Å². The van der Waals surface area contributed by atoms with Crippen molar-refractivity contribution in [2.45, 2.75) is 40.0 Å². The molecule has 1 aromatic rings. The predicted octanol–water partition coefficient (Wildman–Crippen LogP) is 2.80. The molecule has 1 aliphatic rings. The molecule has 0 saturated carbocycles. The molecule has 1 amide bonds. The third kappa shape index (κ3) is 4.05. The minimum Gasteiger partial charge on any atom is -0.339 e. The normalized spacial score (nSPS) is 16.6. The van der Waals surface area contributed by atoms with Crippen LogP contribution in [0.25, 0.3) is 0 Å². The fraction of sp³-hybridized carbons (Fsp3) is 0.588. The van der Waals surface area contributed by atoms with Gasteiger partial charge in [0.25, 0.3) is 5.91 Å². The van der Waals surface area contributed by atoms with Crippen LogP contribution in [0.1, 0.15) is 49.0 Å². The summed E-state index contributed by atoms with van der Waals surface area (Å²) < 4.78 is 25.7. The molecule has 1 fully saturated rings. The van der Waals surface area contributed by atoms with Crippen molar-refractivity contribution in [3.05, 3.63) is 29.3 Å². The molecule has 0 spiro atoms. The van der Waals surface area contributed by atoms with Gasteiger partial charge in [0.1, 0.15) is 0 Å². The summed E-state index contributed by atoms with van der Waals surface area (Å²) in [5.74, 6) is 0.164. The van der Waals surface area contributed by atoms with Gasteiger partial charge in [0.05, 0.1) is 11.4 Å². The second kappa shape index (κ2) is 7.34. The Kier molecular flexibility index (Phi) is 5.68. The number of sulfonamides is 1. The maximum absolute atomic E-state index is 12.8. The molecule has 6 heteroatoms. The zero-order chi connectivity index (χ0) is 17.0. The number of rotatable bonds is 6. The average Bonchev–Trinajstić information content (AvgIpc) is 2.85. The third-order valence-electron chi connectivity index (χ3n) is 3.97. The molecule has 0 unspecified atom stereocenters. The Labute approximate surface area is 139 Å². The Balaban J connectivity index is 2.35. The van der Waals surface area contributed by atoms with Crippen LogP contribution in [0.3, 0.4) is 0 Å². The van der Waals surface area contributed by atoms with Crippen LogP contribution in [-0.4, -0.2) is 44.6 Å². The second-order valence-corrected chi connectivity index (χ2v) is 8.10. The van der Waals surface area contributed by atoms with Gasteiger partial charge in [0.2, 0.25) is 10.0 Å². The SMILES string of the molecule is CCCN(CCC)C(=O)c1cc(C)cc(N2CCCS2(=O)=O)c1. The largest absolute Gasteiger partial charge is 0.339 e. The summed E-state index contributed by atoms with van der Waals surface area (Å²) in [7, 11) is -3.23. The van der Waals surface area contributed by atoms with E-state index in [1.54, 1.807) is 6.07 Å². The maximum atomic E-state index is 12.8. The molecule has 0 aliphatic carbocycles. The van der Waals surface area contributed by atoms with Crippen molar-refractivity contribution in [3.63, 3.8) is 0 Å². The summed E-state index contributed by atoms with van der Waals surface area (Å²) in [5, 5.41) is 0. The molecule has 5 nitrogen and oxygen atoms in total. The summed E-state index contributed by atoms with van der Waals surface area (Å²) in [4.78, 5) is 14.6. The highest BCUT2D eigenvalue weighted by molar-refractivity contribution is 7.93. The van der Waals surface area contributed by atoms with Gasteiger partial charge in [-0.25, -0.2) is 8.42 Å². The van der Waals surface area contributed by atoms with Crippen molar-refractivity contribution >= 4 is 21.6 Å². The molecule has 2 rings (SSSR count). The standard InChI is InChI=1S/C17H26N2O3S/c1-4-7-18(8-5-2)17(20)15-11-14(3)12-16(13-15)19-9-6-10-23(19,21)22/h11-13H,4-10H2,1-3H3. The number of anilines is 1. The topological polar surface area (TPSA) is 57.7 Å². The van der Waals surface area contributed by atoms with Crippen molar-refractivity contribution in [3.8, 4) is 0 Å². The Hall–Kier alpha value is -1.56. The van der Waals surface area contributed by atoms with Crippen molar-refractivity contribution in [2.75, 3.05) is 29.7 Å². The Bertz CT molecular complexity index is 664. The molecule has 1 aliphatic heterocycles. The van der Waals surface area contributed by atoms with E-state index in [2.05, 4.69) is 13.8 Å². The highest BCUT2D eigenvalue weighted by Crippen LogP contribution is 2.26. The Morgan fingerprint density at radius 1 is 1.17 bits per heavy atom. The van der Waals surface area contributed by atoms with Crippen molar-refractivity contribution in [1.29, 1.82) is 0 Å². The molecule has 0 bridgehead atoms. The molecular weight excluding hydrogens is 312 g/mol. The quantitative estimate of drug-likeness (QED) is 0.801. The molecule has 1 heterocycles. The van der Waals surface area contributed by atoms with Crippen LogP contribution in [0.5, 0.6) is 0 Å². The first-order valence-electron chi connectivity index (χ1n) is 8.30. The minimum absolute atomic E-state index is 0.0183. The lowest BCUT2D eigenvalue weighted by atomic mass is 10.1. The lowest BCUT2D eigenvalue weighted by Crippen LogP contribution is -2.33. The number of hydrogen-bond donors (Lipinski definition) is 0. The second-order valence-electron chi connectivity index (χ2n) is 6.09. The van der Waals surface area contributed by atoms with E-state index < -0.39 is 10.0 Å². The van der Waals surface area contributed by atoms with Crippen LogP contribution in [0.2, 0.25) is 0 Å². The lowest BCUT2D eigenvalue weighted by Gasteiger charge is -2.23. The monoisotopic (exact) mass is 338 g/mol. The van der Waals surface area contributed by atoms with Gasteiger partial charge in [0, 0.05) is 25.2 Å². The number of carbonyl (C=O) groups excluding carboxylic acids is 1. The minimum atomic E-state index is -3.23. The first kappa shape index (κ1) is 17.8. The van der Waals surface area contributed by atoms with E-state index in [1.165, 1.54) is 4.31 Å². The molecular formula is C17H26N2O3S. The van der Waals surface area contributed by atoms with Gasteiger partial charge < -0.3 is 4.90 Å². The fourth-order valence-electron chi connectivity index (χ4n) is 3.00. The summed E-state index contributed by atoms with van der Waals surface area (Å²) in [6, 6.07) is 5.40. The number of carbonyl (C=O) groups is 1. The van der Waals surface area contributed by atoms with Crippen molar-refractivity contribution in [1.82, 2.24) is 4.90 Å². The molecule has 0 aromatic heterocycles. The number of nitrogens with zero attached hydrogens (tertiary/aromatic N) is 2. The molecule has 128 valence electrons. The smallest absolute Gasteiger partial charge is 0.253 e. The third-order valence-corrected chi connectivity index (χ3v) is 5.84. The van der Waals surface area contributed by atoms with E-state index in [4.69, 9.17) is 0 Å². The van der Waals surface area contributed by atoms with Gasteiger partial charge in [-0.1, -0.05) is 13.8 Å². The summed E-state index contributed by atoms with van der Waals surface area (Å²) in [5.41, 5.74) is 2.09. The fourth-order valence-corrected chi connectivity index (χ4v) is 4.55. The number of benzene rings is 1. The van der Waals surface area contributed by atoms with Gasteiger partial charge in [-0.15, -0.1) is 0 Å². The molecule has 1 saturated heterocycles. The van der Waals surface area contributed by atoms with Crippen molar-refractivity contribution < 1.29 is 13.2 Å². The van der Waals surface area contributed by atoms with Crippen molar-refractivity contribution in [2.24, 2.45) is 0 Å². The van der Waals surface area contributed by atoms with E-state index in [0.717, 1.165) is 31.5 Å². The molecule has 0 atom stereocenters. The number of hydrogen-bond acceptors (Lipinski definition) is 3. The van der Waals surface area contributed by atoms with Crippen LogP contribution in [-0.2, 0) is 10.0 Å². The van der Waals surface area contributed by atoms with Gasteiger partial charge in [-0.3, -0.25) is 9.10 Å². The van der Waals surface area contributed by atoms with Gasteiger partial charge in [0.15, 0.2) is 0 Å². The Morgan fingerprint density at radius 3 is 2.35 bits per heavy atom. The van der Waals surface area contributed by atoms with Crippen LogP contribution in [0, 0.1) is 6.92 Å². The number of aryl methyl sites for hydroxylation is 1. The number of amides is 1. The zero-order valence-corrected chi connectivity index (χ0v) is 15.0. The summed E-state index contributed by atoms with van der Waals surface area (Å²) in [6.07, 6.45) is 2.45. The van der Waals surface area contributed by atoms with Gasteiger partial charge >= 0.3 is 0 Å². The first-order chi connectivity index (χ1) is 10.9. The highest BCUT2D eigenvalue weighted by Gasteiger charge is 2.29. The van der Waals surface area contributed by atoms with E-state index in [1.807, 2.05) is 24.0 Å². The highest BCUT2D eigenvalue weighted by atomic mass is 32.2. The molecule has 0 N–H and O–H groups in total. The van der Waals surface area contributed by atoms with E-state index >= 15 is 0 Å². The lowest BCUT2D eigenvalue weighted by molar-refractivity contribution is 0.0755. The summed E-state index contributed by atoms with van der Waals surface area (Å²) >= 11 is 0. The molecule has 23 heavy (non-hydrogen) atoms. The zero-order valence-electron chi connectivity index (χ0n) is 14.2. The first-order valence-corrected chi connectivity index (χ1v) is 9.91. The van der Waals surface area contributed by atoms with Gasteiger partial charge in [-0.05, 0) is 49.9 Å². The molecule has 0 radical (unpaired) electrons. The van der Waals surface area contributed by atoms with E-state index in [9.17, 15) is 13.2 Å². The maximum Gasteiger partial charge on any atom is 0.253 e. The average molecular weight is 338 g/mol. The van der Waals surface area contributed by atoms with E-state index in [0.29, 0.717) is 24.2 Å². The predicted molar refractivity (Wildman–Crippen MR) is 93.4 cm³/mol. The van der Waals surface area contributed by atoms with Crippen LogP contribution >= 0.6 is 0 Å². The summed E-state index contributed by atoms with van der Waals surface area (Å²) in [6.45, 7) is 7.93. The van der Waals surface area contributed by atoms with Gasteiger partial charge in [-0.2, -0.15) is 0 Å². The van der Waals surface area contributed by atoms with Crippen LogP contribution < -0.4 is 4.31 Å².